The van der Waals surface area contributed by atoms with E-state index in [2.05, 4.69) is 88.1 Å². The lowest BCUT2D eigenvalue weighted by Crippen LogP contribution is -2.32. The van der Waals surface area contributed by atoms with Crippen molar-refractivity contribution < 1.29 is 4.79 Å². The lowest BCUT2D eigenvalue weighted by atomic mass is 9.87. The lowest BCUT2D eigenvalue weighted by Gasteiger charge is -2.37. The average Bonchev–Trinajstić information content (AvgIpc) is 2.55. The van der Waals surface area contributed by atoms with Crippen LogP contribution in [0.1, 0.15) is 35.1 Å². The summed E-state index contributed by atoms with van der Waals surface area (Å²) in [6.45, 7) is 11.3. The van der Waals surface area contributed by atoms with Gasteiger partial charge in [0.05, 0.1) is 8.07 Å². The Morgan fingerprint density at radius 3 is 1.75 bits per heavy atom. The summed E-state index contributed by atoms with van der Waals surface area (Å²) in [5.41, 5.74) is 2.21. The Bertz CT molecular complexity index is 647. The van der Waals surface area contributed by atoms with Crippen LogP contribution in [0.5, 0.6) is 0 Å². The molecule has 128 valence electrons. The average molecular weight is 357 g/mol. The van der Waals surface area contributed by atoms with Gasteiger partial charge in [0.15, 0.2) is 0 Å². The summed E-state index contributed by atoms with van der Waals surface area (Å²) >= 11 is 1.96. The number of hydrogen-bond acceptors (Lipinski definition) is 2. The van der Waals surface area contributed by atoms with Crippen LogP contribution in [0, 0.1) is 5.41 Å². The highest BCUT2D eigenvalue weighted by molar-refractivity contribution is 8.01. The molecule has 0 saturated carbocycles. The van der Waals surface area contributed by atoms with Gasteiger partial charge in [-0.3, -0.25) is 0 Å². The Morgan fingerprint density at radius 1 is 0.875 bits per heavy atom. The van der Waals surface area contributed by atoms with Crippen LogP contribution in [0.3, 0.4) is 0 Å². The van der Waals surface area contributed by atoms with Gasteiger partial charge in [-0.25, -0.2) is 0 Å². The van der Waals surface area contributed by atoms with Crippen LogP contribution in [0.15, 0.2) is 60.7 Å². The van der Waals surface area contributed by atoms with Crippen LogP contribution in [-0.4, -0.2) is 14.4 Å². The molecule has 0 aliphatic carbocycles. The number of carbonyl (C=O) groups excluding carboxylic acids is 1. The SMILES string of the molecule is CC(C)(C=O)C(SC(c1ccccc1)[Si](C)(C)C)c1ccccc1. The molecule has 2 unspecified atom stereocenters. The molecule has 1 nitrogen and oxygen atoms in total. The molecule has 0 spiro atoms. The van der Waals surface area contributed by atoms with Crippen LogP contribution in [-0.2, 0) is 4.79 Å². The molecule has 0 aromatic heterocycles. The van der Waals surface area contributed by atoms with E-state index >= 15 is 0 Å². The van der Waals surface area contributed by atoms with Crippen LogP contribution in [0.2, 0.25) is 19.6 Å². The van der Waals surface area contributed by atoms with E-state index in [-0.39, 0.29) is 5.25 Å². The molecule has 24 heavy (non-hydrogen) atoms. The minimum atomic E-state index is -1.47. The Morgan fingerprint density at radius 2 is 1.33 bits per heavy atom. The fraction of sp³-hybridized carbons (Fsp3) is 0.381. The van der Waals surface area contributed by atoms with Gasteiger partial charge in [0.25, 0.3) is 0 Å². The van der Waals surface area contributed by atoms with Crippen LogP contribution in [0.4, 0.5) is 0 Å². The van der Waals surface area contributed by atoms with Crippen molar-refractivity contribution >= 4 is 26.1 Å². The van der Waals surface area contributed by atoms with Crippen LogP contribution < -0.4 is 0 Å². The zero-order chi connectivity index (χ0) is 17.8. The number of benzene rings is 2. The zero-order valence-electron chi connectivity index (χ0n) is 15.3. The van der Waals surface area contributed by atoms with E-state index in [0.717, 1.165) is 6.29 Å². The molecule has 2 rings (SSSR count). The van der Waals surface area contributed by atoms with E-state index in [1.807, 2.05) is 17.8 Å². The largest absolute Gasteiger partial charge is 0.303 e. The van der Waals surface area contributed by atoms with E-state index in [1.165, 1.54) is 11.1 Å². The first-order valence-electron chi connectivity index (χ1n) is 8.47. The van der Waals surface area contributed by atoms with Crippen molar-refractivity contribution in [1.29, 1.82) is 0 Å². The number of hydrogen-bond donors (Lipinski definition) is 0. The minimum absolute atomic E-state index is 0.146. The minimum Gasteiger partial charge on any atom is -0.303 e. The second-order valence-electron chi connectivity index (χ2n) is 8.02. The summed E-state index contributed by atoms with van der Waals surface area (Å²) in [4.78, 5) is 12.3. The zero-order valence-corrected chi connectivity index (χ0v) is 17.1. The maximum Gasteiger partial charge on any atom is 0.127 e. The van der Waals surface area contributed by atoms with E-state index in [1.54, 1.807) is 0 Å². The summed E-state index contributed by atoms with van der Waals surface area (Å²) in [6.07, 6.45) is 1.12. The fourth-order valence-corrected chi connectivity index (χ4v) is 7.46. The second-order valence-corrected chi connectivity index (χ2v) is 15.0. The normalized spacial score (nSPS) is 14.9. The summed E-state index contributed by atoms with van der Waals surface area (Å²) in [5.74, 6) is 0. The molecule has 0 saturated heterocycles. The summed E-state index contributed by atoms with van der Waals surface area (Å²) in [6, 6.07) is 21.2. The quantitative estimate of drug-likeness (QED) is 0.427. The molecule has 0 radical (unpaired) electrons. The first kappa shape index (κ1) is 19.0. The first-order chi connectivity index (χ1) is 11.3. The Labute approximate surface area is 151 Å². The van der Waals surface area contributed by atoms with Gasteiger partial charge < -0.3 is 4.79 Å². The van der Waals surface area contributed by atoms with Gasteiger partial charge in [0.2, 0.25) is 0 Å². The maximum absolute atomic E-state index is 11.8. The van der Waals surface area contributed by atoms with Crippen molar-refractivity contribution in [3.05, 3.63) is 71.8 Å². The highest BCUT2D eigenvalue weighted by atomic mass is 32.2. The molecule has 2 aromatic rings. The van der Waals surface area contributed by atoms with Crippen molar-refractivity contribution in [2.75, 3.05) is 0 Å². The molecule has 2 atom stereocenters. The van der Waals surface area contributed by atoms with E-state index in [4.69, 9.17) is 0 Å². The molecule has 0 heterocycles. The summed E-state index contributed by atoms with van der Waals surface area (Å²) in [7, 11) is -1.47. The first-order valence-corrected chi connectivity index (χ1v) is 13.0. The van der Waals surface area contributed by atoms with Gasteiger partial charge in [-0.15, -0.1) is 11.8 Å². The third-order valence-corrected chi connectivity index (χ3v) is 10.4. The third-order valence-electron chi connectivity index (χ3n) is 4.24. The maximum atomic E-state index is 11.8. The van der Waals surface area contributed by atoms with Crippen molar-refractivity contribution in [3.8, 4) is 0 Å². The summed E-state index contributed by atoms with van der Waals surface area (Å²) in [5, 5.41) is 0.146. The topological polar surface area (TPSA) is 17.1 Å². The predicted molar refractivity (Wildman–Crippen MR) is 109 cm³/mol. The molecule has 0 fully saturated rings. The molecule has 0 amide bonds. The van der Waals surface area contributed by atoms with Gasteiger partial charge >= 0.3 is 0 Å². The molecular formula is C21H28OSSi. The Balaban J connectivity index is 2.44. The van der Waals surface area contributed by atoms with Gasteiger partial charge in [-0.1, -0.05) is 94.2 Å². The molecule has 0 bridgehead atoms. The second kappa shape index (κ2) is 7.71. The molecule has 0 N–H and O–H groups in total. The number of rotatable bonds is 7. The number of aldehydes is 1. The number of carbonyl (C=O) groups is 1. The van der Waals surface area contributed by atoms with Gasteiger partial charge in [0, 0.05) is 15.5 Å². The molecule has 0 aliphatic rings. The molecule has 0 aliphatic heterocycles. The van der Waals surface area contributed by atoms with E-state index in [0.29, 0.717) is 4.87 Å². The van der Waals surface area contributed by atoms with Crippen molar-refractivity contribution in [2.45, 2.75) is 43.6 Å². The van der Waals surface area contributed by atoms with Crippen molar-refractivity contribution in [3.63, 3.8) is 0 Å². The third kappa shape index (κ3) is 4.61. The standard InChI is InChI=1S/C21H28OSSi/c1-21(2,16-22)19(17-12-8-6-9-13-17)23-20(24(3,4)5)18-14-10-7-11-15-18/h6-16,19-20H,1-5H3. The monoisotopic (exact) mass is 356 g/mol. The van der Waals surface area contributed by atoms with Crippen molar-refractivity contribution in [2.24, 2.45) is 5.41 Å². The fourth-order valence-electron chi connectivity index (χ4n) is 2.92. The van der Waals surface area contributed by atoms with Crippen LogP contribution in [0.25, 0.3) is 0 Å². The lowest BCUT2D eigenvalue weighted by molar-refractivity contribution is -0.114. The van der Waals surface area contributed by atoms with E-state index in [9.17, 15) is 4.79 Å². The summed E-state index contributed by atoms with van der Waals surface area (Å²) < 4.78 is 0. The highest BCUT2D eigenvalue weighted by Gasteiger charge is 2.38. The van der Waals surface area contributed by atoms with E-state index < -0.39 is 13.5 Å². The van der Waals surface area contributed by atoms with Gasteiger partial charge in [-0.05, 0) is 11.1 Å². The molecule has 3 heteroatoms. The Kier molecular flexibility index (Phi) is 6.10. The van der Waals surface area contributed by atoms with Gasteiger partial charge in [0.1, 0.15) is 6.29 Å². The number of thioether (sulfide) groups is 1. The Hall–Kier alpha value is -1.32. The predicted octanol–water partition coefficient (Wildman–Crippen LogP) is 6.30. The smallest absolute Gasteiger partial charge is 0.127 e. The molecule has 2 aromatic carbocycles. The van der Waals surface area contributed by atoms with Gasteiger partial charge in [-0.2, -0.15) is 0 Å². The molecular weight excluding hydrogens is 328 g/mol. The highest BCUT2D eigenvalue weighted by Crippen LogP contribution is 2.52. The van der Waals surface area contributed by atoms with Crippen molar-refractivity contribution in [1.82, 2.24) is 0 Å². The van der Waals surface area contributed by atoms with Crippen LogP contribution >= 0.6 is 11.8 Å².